The van der Waals surface area contributed by atoms with Crippen molar-refractivity contribution in [2.45, 2.75) is 32.2 Å². The van der Waals surface area contributed by atoms with Crippen LogP contribution in [0.5, 0.6) is 0 Å². The summed E-state index contributed by atoms with van der Waals surface area (Å²) in [5.41, 5.74) is 4.23. The number of nitrogens with zero attached hydrogens (tertiary/aromatic N) is 2. The van der Waals surface area contributed by atoms with Crippen molar-refractivity contribution in [1.29, 1.82) is 0 Å². The van der Waals surface area contributed by atoms with Crippen LogP contribution >= 0.6 is 11.3 Å². The number of hydrogen-bond donors (Lipinski definition) is 1. The molecule has 0 unspecified atom stereocenters. The van der Waals surface area contributed by atoms with Gasteiger partial charge in [0.05, 0.1) is 15.1 Å². The number of carbonyl (C=O) groups is 1. The van der Waals surface area contributed by atoms with E-state index >= 15 is 0 Å². The maximum atomic E-state index is 12.8. The molecule has 0 fully saturated rings. The first-order chi connectivity index (χ1) is 15.3. The van der Waals surface area contributed by atoms with Crippen LogP contribution in [-0.2, 0) is 16.6 Å². The summed E-state index contributed by atoms with van der Waals surface area (Å²) < 4.78 is 30.6. The third-order valence-electron chi connectivity index (χ3n) is 5.25. The molecule has 0 radical (unpaired) electrons. The second-order valence-electron chi connectivity index (χ2n) is 7.45. The lowest BCUT2D eigenvalue weighted by Crippen LogP contribution is -2.16. The lowest BCUT2D eigenvalue weighted by atomic mass is 10.1. The van der Waals surface area contributed by atoms with E-state index in [0.717, 1.165) is 10.2 Å². The molecule has 1 amide bonds. The van der Waals surface area contributed by atoms with E-state index in [4.69, 9.17) is 0 Å². The van der Waals surface area contributed by atoms with Gasteiger partial charge in [0.2, 0.25) is 0 Å². The molecule has 0 bridgehead atoms. The van der Waals surface area contributed by atoms with Gasteiger partial charge in [-0.25, -0.2) is 8.42 Å². The molecule has 0 atom stereocenters. The minimum atomic E-state index is -3.69. The number of benzene rings is 3. The Balaban J connectivity index is 1.62. The fraction of sp³-hybridized carbons (Fsp3) is 0.167. The zero-order valence-electron chi connectivity index (χ0n) is 18.0. The van der Waals surface area contributed by atoms with E-state index in [1.807, 2.05) is 11.5 Å². The van der Waals surface area contributed by atoms with E-state index in [9.17, 15) is 13.2 Å². The molecular formula is C24H23N3O3S2. The molecular weight excluding hydrogens is 442 g/mol. The minimum Gasteiger partial charge on any atom is -0.317 e. The Hall–Kier alpha value is -3.23. The third kappa shape index (κ3) is 4.37. The van der Waals surface area contributed by atoms with Crippen molar-refractivity contribution in [2.24, 2.45) is 4.99 Å². The van der Waals surface area contributed by atoms with Crippen LogP contribution in [0.4, 0.5) is 5.69 Å². The molecule has 0 saturated carbocycles. The number of aryl methyl sites for hydroxylation is 3. The number of nitrogens with one attached hydrogen (secondary N) is 1. The van der Waals surface area contributed by atoms with Crippen LogP contribution in [0.2, 0.25) is 0 Å². The molecule has 0 aliphatic carbocycles. The maximum absolute atomic E-state index is 12.8. The fourth-order valence-electron chi connectivity index (χ4n) is 3.36. The lowest BCUT2D eigenvalue weighted by molar-refractivity contribution is 0.0998. The Morgan fingerprint density at radius 1 is 1.00 bits per heavy atom. The van der Waals surface area contributed by atoms with Crippen molar-refractivity contribution >= 4 is 43.2 Å². The Morgan fingerprint density at radius 3 is 2.31 bits per heavy atom. The van der Waals surface area contributed by atoms with Crippen LogP contribution in [0.1, 0.15) is 28.4 Å². The van der Waals surface area contributed by atoms with Crippen molar-refractivity contribution in [3.63, 3.8) is 0 Å². The number of anilines is 1. The molecule has 8 heteroatoms. The van der Waals surface area contributed by atoms with E-state index in [1.165, 1.54) is 34.6 Å². The highest BCUT2D eigenvalue weighted by molar-refractivity contribution is 7.92. The van der Waals surface area contributed by atoms with Crippen LogP contribution in [0.15, 0.2) is 76.6 Å². The summed E-state index contributed by atoms with van der Waals surface area (Å²) in [7, 11) is -3.69. The van der Waals surface area contributed by atoms with Gasteiger partial charge in [-0.15, -0.1) is 0 Å². The first-order valence-electron chi connectivity index (χ1n) is 10.2. The van der Waals surface area contributed by atoms with Gasteiger partial charge in [0.1, 0.15) is 0 Å². The second kappa shape index (κ2) is 8.72. The number of carbonyl (C=O) groups excluding carboxylic acids is 1. The van der Waals surface area contributed by atoms with Crippen molar-refractivity contribution < 1.29 is 13.2 Å². The van der Waals surface area contributed by atoms with Gasteiger partial charge in [0.15, 0.2) is 4.80 Å². The van der Waals surface area contributed by atoms with Gasteiger partial charge in [0, 0.05) is 17.8 Å². The highest BCUT2D eigenvalue weighted by atomic mass is 32.2. The molecule has 0 spiro atoms. The molecule has 0 aliphatic heterocycles. The molecule has 3 aromatic carbocycles. The van der Waals surface area contributed by atoms with Crippen molar-refractivity contribution in [1.82, 2.24) is 4.57 Å². The van der Waals surface area contributed by atoms with Gasteiger partial charge in [-0.05, 0) is 80.4 Å². The van der Waals surface area contributed by atoms with Crippen LogP contribution < -0.4 is 9.52 Å². The van der Waals surface area contributed by atoms with Crippen LogP contribution in [-0.4, -0.2) is 18.9 Å². The van der Waals surface area contributed by atoms with Crippen molar-refractivity contribution in [2.75, 3.05) is 4.72 Å². The zero-order chi connectivity index (χ0) is 22.9. The maximum Gasteiger partial charge on any atom is 0.279 e. The summed E-state index contributed by atoms with van der Waals surface area (Å²) >= 11 is 1.49. The molecule has 1 aromatic heterocycles. The molecule has 1 heterocycles. The van der Waals surface area contributed by atoms with Crippen molar-refractivity contribution in [3.05, 3.63) is 88.2 Å². The highest BCUT2D eigenvalue weighted by Gasteiger charge is 2.14. The Bertz CT molecular complexity index is 1470. The average molecular weight is 466 g/mol. The smallest absolute Gasteiger partial charge is 0.279 e. The molecule has 32 heavy (non-hydrogen) atoms. The van der Waals surface area contributed by atoms with Gasteiger partial charge in [-0.2, -0.15) is 4.99 Å². The topological polar surface area (TPSA) is 80.5 Å². The summed E-state index contributed by atoms with van der Waals surface area (Å²) in [5.74, 6) is -0.371. The number of fused-ring (bicyclic) bond motifs is 1. The summed E-state index contributed by atoms with van der Waals surface area (Å²) in [5, 5.41) is 0. The minimum absolute atomic E-state index is 0.175. The Kier molecular flexibility index (Phi) is 5.99. The van der Waals surface area contributed by atoms with Gasteiger partial charge in [-0.1, -0.05) is 29.5 Å². The van der Waals surface area contributed by atoms with E-state index in [1.54, 1.807) is 42.5 Å². The Labute approximate surface area is 190 Å². The van der Waals surface area contributed by atoms with Gasteiger partial charge in [0.25, 0.3) is 15.9 Å². The summed E-state index contributed by atoms with van der Waals surface area (Å²) in [4.78, 5) is 18.0. The number of sulfonamides is 1. The van der Waals surface area contributed by atoms with Crippen LogP contribution in [0, 0.1) is 13.8 Å². The first kappa shape index (κ1) is 22.0. The van der Waals surface area contributed by atoms with E-state index < -0.39 is 10.0 Å². The average Bonchev–Trinajstić information content (AvgIpc) is 3.10. The monoisotopic (exact) mass is 465 g/mol. The summed E-state index contributed by atoms with van der Waals surface area (Å²) in [6.45, 7) is 6.87. The number of amides is 1. The lowest BCUT2D eigenvalue weighted by Gasteiger charge is -2.08. The SMILES string of the molecule is CCn1c(=NC(=O)c2ccc(NS(=O)(=O)c3ccccc3)cc2)sc2cc(C)c(C)cc21. The van der Waals surface area contributed by atoms with Gasteiger partial charge >= 0.3 is 0 Å². The standard InChI is InChI=1S/C24H23N3O3S2/c1-4-27-21-14-16(2)17(3)15-22(21)31-24(27)25-23(28)18-10-12-19(13-11-18)26-32(29,30)20-8-6-5-7-9-20/h5-15,26H,4H2,1-3H3. The molecule has 0 saturated heterocycles. The van der Waals surface area contributed by atoms with Gasteiger partial charge < -0.3 is 4.57 Å². The van der Waals surface area contributed by atoms with E-state index in [0.29, 0.717) is 22.6 Å². The predicted molar refractivity (Wildman–Crippen MR) is 129 cm³/mol. The zero-order valence-corrected chi connectivity index (χ0v) is 19.6. The summed E-state index contributed by atoms with van der Waals surface area (Å²) in [6, 6.07) is 18.7. The van der Waals surface area contributed by atoms with Gasteiger partial charge in [-0.3, -0.25) is 9.52 Å². The molecule has 6 nitrogen and oxygen atoms in total. The third-order valence-corrected chi connectivity index (χ3v) is 7.69. The summed E-state index contributed by atoms with van der Waals surface area (Å²) in [6.07, 6.45) is 0. The van der Waals surface area contributed by atoms with Crippen molar-refractivity contribution in [3.8, 4) is 0 Å². The molecule has 4 aromatic rings. The van der Waals surface area contributed by atoms with E-state index in [-0.39, 0.29) is 10.8 Å². The second-order valence-corrected chi connectivity index (χ2v) is 10.1. The normalized spacial score (nSPS) is 12.3. The number of aromatic nitrogens is 1. The predicted octanol–water partition coefficient (Wildman–Crippen LogP) is 4.88. The van der Waals surface area contributed by atoms with Crippen LogP contribution in [0.25, 0.3) is 10.2 Å². The number of hydrogen-bond acceptors (Lipinski definition) is 4. The quantitative estimate of drug-likeness (QED) is 0.456. The first-order valence-corrected chi connectivity index (χ1v) is 12.5. The van der Waals surface area contributed by atoms with Crippen LogP contribution in [0.3, 0.4) is 0 Å². The molecule has 1 N–H and O–H groups in total. The molecule has 0 aliphatic rings. The van der Waals surface area contributed by atoms with E-state index in [2.05, 4.69) is 35.7 Å². The Morgan fingerprint density at radius 2 is 1.66 bits per heavy atom. The highest BCUT2D eigenvalue weighted by Crippen LogP contribution is 2.22. The number of thiazole rings is 1. The molecule has 164 valence electrons. The fourth-order valence-corrected chi connectivity index (χ4v) is 5.61. The molecule has 4 rings (SSSR count). The largest absolute Gasteiger partial charge is 0.317 e. The number of rotatable bonds is 5.